The van der Waals surface area contributed by atoms with Gasteiger partial charge in [0, 0.05) is 17.7 Å². The molecule has 1 saturated heterocycles. The summed E-state index contributed by atoms with van der Waals surface area (Å²) in [4.78, 5) is 53.4. The third-order valence-electron chi connectivity index (χ3n) is 6.42. The summed E-state index contributed by atoms with van der Waals surface area (Å²) >= 11 is 0. The van der Waals surface area contributed by atoms with E-state index in [4.69, 9.17) is 19.6 Å². The fraction of sp³-hybridized carbons (Fsp3) is 0.148. The van der Waals surface area contributed by atoms with Crippen molar-refractivity contribution in [2.24, 2.45) is 9.98 Å². The first kappa shape index (κ1) is 22.6. The highest BCUT2D eigenvalue weighted by Gasteiger charge is 2.49. The highest BCUT2D eigenvalue weighted by Crippen LogP contribution is 2.44. The molecule has 0 aromatic heterocycles. The summed E-state index contributed by atoms with van der Waals surface area (Å²) in [5.74, 6) is -1.41. The number of nitrogens with zero attached hydrogens (tertiary/aromatic N) is 3. The van der Waals surface area contributed by atoms with Crippen LogP contribution in [0.4, 0.5) is 11.4 Å². The Morgan fingerprint density at radius 3 is 2.54 bits per heavy atom. The third kappa shape index (κ3) is 3.66. The normalized spacial score (nSPS) is 21.8. The number of para-hydroxylation sites is 3. The Morgan fingerprint density at radius 2 is 1.76 bits per heavy atom. The maximum Gasteiger partial charge on any atom is 0.378 e. The van der Waals surface area contributed by atoms with E-state index in [0.29, 0.717) is 38.9 Å². The molecule has 3 aromatic carbocycles. The van der Waals surface area contributed by atoms with Crippen LogP contribution in [-0.4, -0.2) is 24.5 Å². The first-order chi connectivity index (χ1) is 18.0. The Labute approximate surface area is 210 Å². The molecule has 6 rings (SSSR count). The van der Waals surface area contributed by atoms with E-state index in [0.717, 1.165) is 0 Å². The van der Waals surface area contributed by atoms with Gasteiger partial charge in [-0.25, -0.2) is 19.6 Å². The second-order valence-corrected chi connectivity index (χ2v) is 8.63. The molecule has 2 N–H and O–H groups in total. The maximum atomic E-state index is 13.5. The van der Waals surface area contributed by atoms with E-state index < -0.39 is 17.5 Å². The van der Waals surface area contributed by atoms with Gasteiger partial charge in [0.2, 0.25) is 0 Å². The fourth-order valence-corrected chi connectivity index (χ4v) is 4.71. The standard InChI is InChI=1S/C27H21N5O5/c1-2-36-24(33)16-11-13-17(14-12-16)32-23(25(34)37-31-32)22-15-27(30-21-10-6-5-9-20(21)28-22)18-7-3-4-8-19(18)29-26(27)35/h3-14,31H,2,15H2,1H3,(H,29,35)/b23-22-. The number of hydrogen-bond acceptors (Lipinski definition) is 9. The van der Waals surface area contributed by atoms with Crippen LogP contribution in [0.25, 0.3) is 0 Å². The van der Waals surface area contributed by atoms with Gasteiger partial charge in [-0.15, -0.1) is 0 Å². The first-order valence-electron chi connectivity index (χ1n) is 11.7. The average Bonchev–Trinajstić information content (AvgIpc) is 3.35. The fourth-order valence-electron chi connectivity index (χ4n) is 4.71. The summed E-state index contributed by atoms with van der Waals surface area (Å²) in [6, 6.07) is 21.1. The molecule has 1 amide bonds. The van der Waals surface area contributed by atoms with E-state index in [2.05, 4.69) is 10.9 Å². The van der Waals surface area contributed by atoms with Crippen LogP contribution in [0.1, 0.15) is 29.3 Å². The molecule has 3 aliphatic heterocycles. The van der Waals surface area contributed by atoms with Gasteiger partial charge in [0.1, 0.15) is 0 Å². The lowest BCUT2D eigenvalue weighted by atomic mass is 9.86. The van der Waals surface area contributed by atoms with Gasteiger partial charge in [0.15, 0.2) is 11.2 Å². The molecule has 37 heavy (non-hydrogen) atoms. The number of carbonyl (C=O) groups excluding carboxylic acids is 3. The molecular formula is C27H21N5O5. The zero-order chi connectivity index (χ0) is 25.6. The molecule has 0 saturated carbocycles. The highest BCUT2D eigenvalue weighted by atomic mass is 16.7. The number of rotatable bonds is 3. The van der Waals surface area contributed by atoms with E-state index in [-0.39, 0.29) is 24.6 Å². The molecule has 0 bridgehead atoms. The Morgan fingerprint density at radius 1 is 1.03 bits per heavy atom. The Kier molecular flexibility index (Phi) is 5.31. The third-order valence-corrected chi connectivity index (χ3v) is 6.42. The van der Waals surface area contributed by atoms with E-state index in [9.17, 15) is 14.4 Å². The van der Waals surface area contributed by atoms with Crippen molar-refractivity contribution in [1.29, 1.82) is 0 Å². The van der Waals surface area contributed by atoms with Crippen molar-refractivity contribution in [3.05, 3.63) is 106 Å². The number of hydrogen-bond donors (Lipinski definition) is 2. The minimum Gasteiger partial charge on any atom is -0.462 e. The van der Waals surface area contributed by atoms with Gasteiger partial charge in [-0.05, 0) is 49.4 Å². The molecule has 3 aromatic rings. The minimum absolute atomic E-state index is 0.0219. The quantitative estimate of drug-likeness (QED) is 0.421. The van der Waals surface area contributed by atoms with Crippen LogP contribution in [0.2, 0.25) is 0 Å². The van der Waals surface area contributed by atoms with Gasteiger partial charge in [-0.3, -0.25) is 9.79 Å². The Hall–Kier alpha value is -4.83. The summed E-state index contributed by atoms with van der Waals surface area (Å²) in [6.45, 7) is 2.00. The minimum atomic E-state index is -1.32. The zero-order valence-electron chi connectivity index (χ0n) is 19.7. The largest absolute Gasteiger partial charge is 0.462 e. The molecule has 1 unspecified atom stereocenters. The summed E-state index contributed by atoms with van der Waals surface area (Å²) in [7, 11) is 0. The number of nitrogens with one attached hydrogen (secondary N) is 2. The van der Waals surface area contributed by atoms with Gasteiger partial charge < -0.3 is 14.9 Å². The van der Waals surface area contributed by atoms with Crippen LogP contribution in [-0.2, 0) is 24.7 Å². The van der Waals surface area contributed by atoms with Crippen molar-refractivity contribution in [1.82, 2.24) is 5.59 Å². The van der Waals surface area contributed by atoms with Gasteiger partial charge in [-0.1, -0.05) is 35.9 Å². The van der Waals surface area contributed by atoms with Gasteiger partial charge in [0.05, 0.1) is 34.3 Å². The molecule has 1 atom stereocenters. The number of amides is 1. The lowest BCUT2D eigenvalue weighted by molar-refractivity contribution is -0.140. The summed E-state index contributed by atoms with van der Waals surface area (Å²) in [5.41, 5.74) is 4.00. The van der Waals surface area contributed by atoms with Crippen molar-refractivity contribution in [2.45, 2.75) is 18.9 Å². The van der Waals surface area contributed by atoms with Crippen LogP contribution < -0.4 is 26.6 Å². The summed E-state index contributed by atoms with van der Waals surface area (Å²) in [6.07, 6.45) is 0.0219. The number of hydrazine groups is 1. The van der Waals surface area contributed by atoms with Crippen LogP contribution in [0.3, 0.4) is 0 Å². The van der Waals surface area contributed by atoms with Crippen molar-refractivity contribution in [3.8, 4) is 0 Å². The van der Waals surface area contributed by atoms with Gasteiger partial charge >= 0.3 is 11.9 Å². The zero-order valence-corrected chi connectivity index (χ0v) is 19.7. The lowest BCUT2D eigenvalue weighted by Crippen LogP contribution is -2.36. The number of ether oxygens (including phenoxy) is 1. The molecule has 1 spiro atoms. The molecule has 10 heteroatoms. The van der Waals surface area contributed by atoms with E-state index >= 15 is 0 Å². The van der Waals surface area contributed by atoms with Crippen molar-refractivity contribution < 1.29 is 24.0 Å². The summed E-state index contributed by atoms with van der Waals surface area (Å²) < 4.78 is 5.05. The number of carbonyl (C=O) groups is 3. The molecule has 10 nitrogen and oxygen atoms in total. The monoisotopic (exact) mass is 495 g/mol. The first-order valence-corrected chi connectivity index (χ1v) is 11.7. The highest BCUT2D eigenvalue weighted by molar-refractivity contribution is 6.06. The Bertz CT molecular complexity index is 1610. The SMILES string of the molecule is CCOC(=O)c1ccc(N2NOC(=O)/C2=C2\CC3(N=c4ccccc4=N2)C(=O)Nc2ccccc23)cc1. The average molecular weight is 495 g/mol. The van der Waals surface area contributed by atoms with E-state index in [1.807, 2.05) is 36.4 Å². The van der Waals surface area contributed by atoms with Gasteiger partial charge in [-0.2, -0.15) is 0 Å². The van der Waals surface area contributed by atoms with Crippen LogP contribution >= 0.6 is 0 Å². The second kappa shape index (κ2) is 8.68. The van der Waals surface area contributed by atoms with E-state index in [1.165, 1.54) is 5.01 Å². The Balaban J connectivity index is 1.52. The second-order valence-electron chi connectivity index (χ2n) is 8.63. The van der Waals surface area contributed by atoms with Crippen molar-refractivity contribution >= 4 is 29.2 Å². The molecule has 3 heterocycles. The van der Waals surface area contributed by atoms with Crippen LogP contribution in [0.5, 0.6) is 0 Å². The summed E-state index contributed by atoms with van der Waals surface area (Å²) in [5, 5.41) is 5.42. The lowest BCUT2D eigenvalue weighted by Gasteiger charge is -2.24. The number of fused-ring (bicyclic) bond motifs is 3. The van der Waals surface area contributed by atoms with Crippen molar-refractivity contribution in [3.63, 3.8) is 0 Å². The number of benzene rings is 3. The number of esters is 1. The molecule has 1 fully saturated rings. The molecular weight excluding hydrogens is 474 g/mol. The molecule has 0 aliphatic carbocycles. The smallest absolute Gasteiger partial charge is 0.378 e. The molecule has 0 radical (unpaired) electrons. The maximum absolute atomic E-state index is 13.5. The van der Waals surface area contributed by atoms with E-state index in [1.54, 1.807) is 43.3 Å². The topological polar surface area (TPSA) is 122 Å². The number of anilines is 2. The van der Waals surface area contributed by atoms with Crippen molar-refractivity contribution in [2.75, 3.05) is 16.9 Å². The predicted molar refractivity (Wildman–Crippen MR) is 131 cm³/mol. The van der Waals surface area contributed by atoms with Crippen LogP contribution in [0.15, 0.2) is 94.2 Å². The predicted octanol–water partition coefficient (Wildman–Crippen LogP) is 2.05. The van der Waals surface area contributed by atoms with Crippen LogP contribution in [0, 0.1) is 0 Å². The van der Waals surface area contributed by atoms with Gasteiger partial charge in [0.25, 0.3) is 5.91 Å². The molecule has 3 aliphatic rings. The molecule has 184 valence electrons.